The molecule has 3 rings (SSSR count). The quantitative estimate of drug-likeness (QED) is 0.744. The molecule has 0 aromatic carbocycles. The fourth-order valence-electron chi connectivity index (χ4n) is 2.48. The molecule has 2 heterocycles. The van der Waals surface area contributed by atoms with Crippen LogP contribution >= 0.6 is 11.6 Å². The number of hydrogen-bond acceptors (Lipinski definition) is 2. The lowest BCUT2D eigenvalue weighted by Crippen LogP contribution is -1.99. The molecule has 2 aromatic rings. The van der Waals surface area contributed by atoms with Crippen LogP contribution in [-0.2, 0) is 0 Å². The fraction of sp³-hybridized carbons (Fsp3) is 0.385. The van der Waals surface area contributed by atoms with Gasteiger partial charge in [0.2, 0.25) is 0 Å². The van der Waals surface area contributed by atoms with E-state index in [1.807, 2.05) is 18.2 Å². The van der Waals surface area contributed by atoms with Crippen molar-refractivity contribution < 1.29 is 0 Å². The Balaban J connectivity index is 2.13. The molecule has 0 bridgehead atoms. The van der Waals surface area contributed by atoms with Crippen LogP contribution in [0.1, 0.15) is 37.3 Å². The van der Waals surface area contributed by atoms with Crippen LogP contribution in [0.4, 0.5) is 0 Å². The van der Waals surface area contributed by atoms with Crippen LogP contribution in [0.3, 0.4) is 0 Å². The van der Waals surface area contributed by atoms with Gasteiger partial charge in [0, 0.05) is 17.5 Å². The van der Waals surface area contributed by atoms with E-state index >= 15 is 0 Å². The third kappa shape index (κ3) is 1.67. The van der Waals surface area contributed by atoms with Gasteiger partial charge in [-0.2, -0.15) is 0 Å². The molecule has 0 saturated heterocycles. The third-order valence-electron chi connectivity index (χ3n) is 3.31. The summed E-state index contributed by atoms with van der Waals surface area (Å²) in [5, 5.41) is 1.82. The lowest BCUT2D eigenvalue weighted by Gasteiger charge is -2.11. The Morgan fingerprint density at radius 1 is 1.25 bits per heavy atom. The molecule has 1 fully saturated rings. The van der Waals surface area contributed by atoms with Crippen LogP contribution in [-0.4, -0.2) is 9.97 Å². The third-order valence-corrected chi connectivity index (χ3v) is 3.61. The molecule has 0 amide bonds. The van der Waals surface area contributed by atoms with Gasteiger partial charge in [0.1, 0.15) is 0 Å². The lowest BCUT2D eigenvalue weighted by atomic mass is 10.0. The molecule has 82 valence electrons. The van der Waals surface area contributed by atoms with Crippen LogP contribution in [0.25, 0.3) is 11.0 Å². The molecule has 0 aliphatic heterocycles. The first kappa shape index (κ1) is 10.0. The van der Waals surface area contributed by atoms with Crippen molar-refractivity contribution in [1.82, 2.24) is 9.97 Å². The summed E-state index contributed by atoms with van der Waals surface area (Å²) in [6.45, 7) is 0. The molecule has 2 nitrogen and oxygen atoms in total. The summed E-state index contributed by atoms with van der Waals surface area (Å²) in [4.78, 5) is 8.90. The zero-order valence-corrected chi connectivity index (χ0v) is 9.74. The van der Waals surface area contributed by atoms with E-state index < -0.39 is 0 Å². The second-order valence-electron chi connectivity index (χ2n) is 4.39. The Hall–Kier alpha value is -1.15. The monoisotopic (exact) mass is 232 g/mol. The minimum atomic E-state index is 0.541. The zero-order valence-electron chi connectivity index (χ0n) is 8.99. The van der Waals surface area contributed by atoms with E-state index in [4.69, 9.17) is 11.6 Å². The molecule has 0 spiro atoms. The Bertz CT molecular complexity index is 518. The van der Waals surface area contributed by atoms with Gasteiger partial charge in [-0.05, 0) is 31.0 Å². The van der Waals surface area contributed by atoms with E-state index in [0.717, 1.165) is 21.7 Å². The van der Waals surface area contributed by atoms with Crippen molar-refractivity contribution in [2.45, 2.75) is 31.6 Å². The van der Waals surface area contributed by atoms with Crippen molar-refractivity contribution in [2.24, 2.45) is 0 Å². The van der Waals surface area contributed by atoms with E-state index in [-0.39, 0.29) is 0 Å². The molecule has 1 aliphatic carbocycles. The highest BCUT2D eigenvalue weighted by Gasteiger charge is 2.21. The van der Waals surface area contributed by atoms with Crippen LogP contribution in [0.5, 0.6) is 0 Å². The zero-order chi connectivity index (χ0) is 11.0. The number of rotatable bonds is 1. The fourth-order valence-corrected chi connectivity index (χ4v) is 2.79. The predicted molar refractivity (Wildman–Crippen MR) is 65.8 cm³/mol. The number of hydrogen-bond donors (Lipinski definition) is 0. The van der Waals surface area contributed by atoms with Gasteiger partial charge in [-0.3, -0.25) is 0 Å². The van der Waals surface area contributed by atoms with Crippen molar-refractivity contribution in [1.29, 1.82) is 0 Å². The largest absolute Gasteiger partial charge is 0.237 e. The molecule has 0 unspecified atom stereocenters. The van der Waals surface area contributed by atoms with Crippen LogP contribution in [0.15, 0.2) is 24.4 Å². The molecule has 3 heteroatoms. The summed E-state index contributed by atoms with van der Waals surface area (Å²) < 4.78 is 0. The summed E-state index contributed by atoms with van der Waals surface area (Å²) >= 11 is 6.29. The van der Waals surface area contributed by atoms with Crippen molar-refractivity contribution in [2.75, 3.05) is 0 Å². The van der Waals surface area contributed by atoms with E-state index in [1.165, 1.54) is 25.7 Å². The minimum absolute atomic E-state index is 0.541. The Kier molecular flexibility index (Phi) is 2.52. The summed E-state index contributed by atoms with van der Waals surface area (Å²) in [6, 6.07) is 5.90. The smallest absolute Gasteiger partial charge is 0.159 e. The molecular weight excluding hydrogens is 220 g/mol. The van der Waals surface area contributed by atoms with Gasteiger partial charge in [0.25, 0.3) is 0 Å². The second-order valence-corrected chi connectivity index (χ2v) is 4.79. The summed E-state index contributed by atoms with van der Waals surface area (Å²) in [5.41, 5.74) is 1.86. The van der Waals surface area contributed by atoms with Crippen LogP contribution in [0, 0.1) is 0 Å². The maximum absolute atomic E-state index is 6.29. The molecule has 0 N–H and O–H groups in total. The topological polar surface area (TPSA) is 25.8 Å². The predicted octanol–water partition coefficient (Wildman–Crippen LogP) is 3.94. The average molecular weight is 233 g/mol. The highest BCUT2D eigenvalue weighted by molar-refractivity contribution is 6.31. The number of aromatic nitrogens is 2. The van der Waals surface area contributed by atoms with Gasteiger partial charge in [-0.1, -0.05) is 24.4 Å². The van der Waals surface area contributed by atoms with Gasteiger partial charge in [0.15, 0.2) is 5.65 Å². The standard InChI is InChI=1S/C13H13ClN2/c14-11-8-10-6-3-7-15-13(10)16-12(11)9-4-1-2-5-9/h3,6-9H,1-2,4-5H2. The first-order chi connectivity index (χ1) is 7.84. The van der Waals surface area contributed by atoms with E-state index in [0.29, 0.717) is 5.92 Å². The maximum atomic E-state index is 6.29. The van der Waals surface area contributed by atoms with Crippen LogP contribution in [0.2, 0.25) is 5.02 Å². The number of pyridine rings is 2. The Labute approximate surface area is 99.7 Å². The van der Waals surface area contributed by atoms with Crippen molar-refractivity contribution in [3.63, 3.8) is 0 Å². The second kappa shape index (κ2) is 4.02. The Morgan fingerprint density at radius 2 is 2.06 bits per heavy atom. The first-order valence-corrected chi connectivity index (χ1v) is 6.13. The van der Waals surface area contributed by atoms with E-state index in [9.17, 15) is 0 Å². The SMILES string of the molecule is Clc1cc2cccnc2nc1C1CCCC1. The van der Waals surface area contributed by atoms with Crippen LogP contribution < -0.4 is 0 Å². The lowest BCUT2D eigenvalue weighted by molar-refractivity contribution is 0.700. The van der Waals surface area contributed by atoms with E-state index in [2.05, 4.69) is 9.97 Å². The van der Waals surface area contributed by atoms with E-state index in [1.54, 1.807) is 6.20 Å². The van der Waals surface area contributed by atoms with Crippen molar-refractivity contribution in [3.05, 3.63) is 35.1 Å². The number of halogens is 1. The van der Waals surface area contributed by atoms with Crippen molar-refractivity contribution in [3.8, 4) is 0 Å². The number of nitrogens with zero attached hydrogens (tertiary/aromatic N) is 2. The Morgan fingerprint density at radius 3 is 2.88 bits per heavy atom. The number of fused-ring (bicyclic) bond motifs is 1. The molecule has 16 heavy (non-hydrogen) atoms. The highest BCUT2D eigenvalue weighted by Crippen LogP contribution is 2.37. The molecule has 1 aliphatic rings. The highest BCUT2D eigenvalue weighted by atomic mass is 35.5. The summed E-state index contributed by atoms with van der Waals surface area (Å²) in [6.07, 6.45) is 6.80. The normalized spacial score (nSPS) is 17.1. The minimum Gasteiger partial charge on any atom is -0.237 e. The average Bonchev–Trinajstić information content (AvgIpc) is 2.81. The molecule has 0 atom stereocenters. The summed E-state index contributed by atoms with van der Waals surface area (Å²) in [5.74, 6) is 0.541. The maximum Gasteiger partial charge on any atom is 0.159 e. The van der Waals surface area contributed by atoms with Gasteiger partial charge in [0.05, 0.1) is 10.7 Å². The molecule has 1 saturated carbocycles. The van der Waals surface area contributed by atoms with Gasteiger partial charge in [-0.25, -0.2) is 9.97 Å². The molecule has 2 aromatic heterocycles. The van der Waals surface area contributed by atoms with Gasteiger partial charge in [-0.15, -0.1) is 0 Å². The van der Waals surface area contributed by atoms with Gasteiger partial charge < -0.3 is 0 Å². The van der Waals surface area contributed by atoms with Gasteiger partial charge >= 0.3 is 0 Å². The first-order valence-electron chi connectivity index (χ1n) is 5.76. The molecular formula is C13H13ClN2. The van der Waals surface area contributed by atoms with Crippen molar-refractivity contribution >= 4 is 22.6 Å². The summed E-state index contributed by atoms with van der Waals surface area (Å²) in [7, 11) is 0. The molecule has 0 radical (unpaired) electrons.